The van der Waals surface area contributed by atoms with E-state index in [0.717, 1.165) is 0 Å². The summed E-state index contributed by atoms with van der Waals surface area (Å²) in [5.74, 6) is 0. The molecule has 11 N–H and O–H groups in total. The van der Waals surface area contributed by atoms with Crippen LogP contribution >= 0.6 is 0 Å². The fraction of sp³-hybridized carbons (Fsp3) is 0. The Hall–Kier alpha value is -0.130. The topological polar surface area (TPSA) is 221 Å². The molecule has 0 radical (unpaired) electrons. The van der Waals surface area contributed by atoms with Crippen LogP contribution in [0.3, 0.4) is 0 Å². The van der Waals surface area contributed by atoms with E-state index in [9.17, 15) is 0 Å². The van der Waals surface area contributed by atoms with E-state index in [2.05, 4.69) is 0 Å². The molecule has 9 nitrogen and oxygen atoms in total. The quantitative estimate of drug-likeness (QED) is 0.336. The van der Waals surface area contributed by atoms with Crippen molar-refractivity contribution >= 4 is 25.8 Å². The molecular weight excluding hydrogens is 257 g/mol. The van der Waals surface area contributed by atoms with Gasteiger partial charge in [-0.05, 0) is 0 Å². The fourth-order valence-corrected chi connectivity index (χ4v) is 0. The molecule has 0 saturated heterocycles. The van der Waals surface area contributed by atoms with Crippen molar-refractivity contribution < 1.29 is 37.7 Å². The molecule has 0 heterocycles. The monoisotopic (exact) mass is 271 g/mol. The van der Waals surface area contributed by atoms with Gasteiger partial charge in [0.25, 0.3) is 5.09 Å². The van der Waals surface area contributed by atoms with E-state index in [0.29, 0.717) is 0 Å². The van der Waals surface area contributed by atoms with Crippen molar-refractivity contribution in [1.82, 2.24) is 0 Å². The van der Waals surface area contributed by atoms with E-state index >= 15 is 0 Å². The molecule has 0 aliphatic carbocycles. The summed E-state index contributed by atoms with van der Waals surface area (Å²) in [4.78, 5) is 8.36. The van der Waals surface area contributed by atoms with E-state index in [1.807, 2.05) is 0 Å². The molecule has 0 saturated carbocycles. The molecule has 0 aliphatic heterocycles. The van der Waals surface area contributed by atoms with Crippen LogP contribution in [0, 0.1) is 10.1 Å². The number of hydrogen-bond acceptors (Lipinski definition) is 2. The van der Waals surface area contributed by atoms with E-state index < -0.39 is 5.09 Å². The van der Waals surface area contributed by atoms with Crippen LogP contribution < -0.4 is 0 Å². The van der Waals surface area contributed by atoms with Crippen molar-refractivity contribution in [3.8, 4) is 0 Å². The van der Waals surface area contributed by atoms with Gasteiger partial charge in [-0.15, -0.1) is 10.1 Å². The van der Waals surface area contributed by atoms with Crippen LogP contribution in [0.2, 0.25) is 0 Å². The Kier molecular flexibility index (Phi) is 629. The fourth-order valence-electron chi connectivity index (χ4n) is 0. The van der Waals surface area contributed by atoms with Crippen LogP contribution in [-0.2, 0) is 0 Å². The van der Waals surface area contributed by atoms with Gasteiger partial charge in [0.1, 0.15) is 0 Å². The van der Waals surface area contributed by atoms with Crippen molar-refractivity contribution in [2.75, 3.05) is 0 Å². The minimum absolute atomic E-state index is 0. The average Bonchev–Trinajstić information content (AvgIpc) is 0.811. The molecule has 10 heteroatoms. The summed E-state index contributed by atoms with van der Waals surface area (Å²) in [5.41, 5.74) is 0. The van der Waals surface area contributed by atoms with E-state index in [-0.39, 0.29) is 53.2 Å². The first-order chi connectivity index (χ1) is 1.73. The molecule has 0 amide bonds. The van der Waals surface area contributed by atoms with Crippen LogP contribution in [0.4, 0.5) is 0 Å². The van der Waals surface area contributed by atoms with Gasteiger partial charge in [-0.1, -0.05) is 0 Å². The normalized spacial score (nSPS) is 2.40. The number of rotatable bonds is 0. The Bertz CT molecular complexity index is 32.2. The summed E-state index contributed by atoms with van der Waals surface area (Å²) < 4.78 is 0. The summed E-state index contributed by atoms with van der Waals surface area (Å²) in [5, 5.41) is 13.6. The predicted molar refractivity (Wildman–Crippen MR) is 36.8 cm³/mol. The van der Waals surface area contributed by atoms with E-state index in [1.54, 1.807) is 0 Å². The second-order valence-electron chi connectivity index (χ2n) is 0.238. The molecule has 0 spiro atoms. The van der Waals surface area contributed by atoms with Crippen molar-refractivity contribution in [2.24, 2.45) is 0 Å². The Morgan fingerprint density at radius 1 is 1.00 bits per heavy atom. The van der Waals surface area contributed by atoms with E-state index in [4.69, 9.17) is 15.3 Å². The van der Waals surface area contributed by atoms with Gasteiger partial charge in [0.2, 0.25) is 0 Å². The Morgan fingerprint density at radius 3 is 1.00 bits per heavy atom. The third kappa shape index (κ3) is 22000. The van der Waals surface area contributed by atoms with E-state index in [1.165, 1.54) is 0 Å². The van der Waals surface area contributed by atoms with Crippen molar-refractivity contribution in [1.29, 1.82) is 0 Å². The SMILES string of the molecule is O.O.O.O.O.O=[N+]([O-])O.[InH3]. The zero-order chi connectivity index (χ0) is 3.58. The van der Waals surface area contributed by atoms with Gasteiger partial charge < -0.3 is 32.6 Å². The first kappa shape index (κ1) is 94.3. The minimum atomic E-state index is -1.50. The third-order valence-electron chi connectivity index (χ3n) is 0. The third-order valence-corrected chi connectivity index (χ3v) is 0. The molecule has 0 fully saturated rings. The molecular formula is H14InNO8. The van der Waals surface area contributed by atoms with Crippen molar-refractivity contribution in [3.05, 3.63) is 10.1 Å². The maximum absolute atomic E-state index is 8.36. The van der Waals surface area contributed by atoms with Crippen LogP contribution in [0.15, 0.2) is 0 Å². The zero-order valence-corrected chi connectivity index (χ0v) is 4.21. The zero-order valence-electron chi connectivity index (χ0n) is 4.21. The van der Waals surface area contributed by atoms with Crippen LogP contribution in [0.5, 0.6) is 0 Å². The summed E-state index contributed by atoms with van der Waals surface area (Å²) >= 11 is 0. The van der Waals surface area contributed by atoms with Crippen LogP contribution in [0.1, 0.15) is 0 Å². The van der Waals surface area contributed by atoms with Crippen molar-refractivity contribution in [2.45, 2.75) is 0 Å². The molecule has 0 unspecified atom stereocenters. The van der Waals surface area contributed by atoms with Gasteiger partial charge in [-0.3, -0.25) is 0 Å². The molecule has 0 bridgehead atoms. The Balaban J connectivity index is -0.00000000300. The molecule has 0 atom stereocenters. The first-order valence-corrected chi connectivity index (χ1v) is 0.565. The second kappa shape index (κ2) is 66.7. The summed E-state index contributed by atoms with van der Waals surface area (Å²) in [7, 11) is 0. The Labute approximate surface area is 74.1 Å². The Morgan fingerprint density at radius 2 is 1.00 bits per heavy atom. The molecule has 0 rings (SSSR count). The molecule has 70 valence electrons. The molecule has 0 aromatic carbocycles. The second-order valence-corrected chi connectivity index (χ2v) is 0.238. The summed E-state index contributed by atoms with van der Waals surface area (Å²) in [6.07, 6.45) is 0. The number of hydrogen-bond donors (Lipinski definition) is 1. The first-order valence-electron chi connectivity index (χ1n) is 0.565. The molecule has 10 heavy (non-hydrogen) atoms. The van der Waals surface area contributed by atoms with Gasteiger partial charge in [0.05, 0.1) is 0 Å². The van der Waals surface area contributed by atoms with Gasteiger partial charge >= 0.3 is 25.8 Å². The summed E-state index contributed by atoms with van der Waals surface area (Å²) in [6.45, 7) is 0. The molecule has 0 aromatic heterocycles. The van der Waals surface area contributed by atoms with Crippen molar-refractivity contribution in [3.63, 3.8) is 0 Å². The predicted octanol–water partition coefficient (Wildman–Crippen LogP) is -5.66. The number of nitrogens with zero attached hydrogens (tertiary/aromatic N) is 1. The van der Waals surface area contributed by atoms with Gasteiger partial charge in [0, 0.05) is 0 Å². The maximum atomic E-state index is 8.36. The standard InChI is InChI=1S/In.HNO3.5H2O.3H/c;2-1(3)4;;;;;;;;/h;(H,2,3,4);5*1H2;;;. The molecule has 0 aromatic rings. The average molecular weight is 271 g/mol. The van der Waals surface area contributed by atoms with Gasteiger partial charge in [0.15, 0.2) is 0 Å². The van der Waals surface area contributed by atoms with Gasteiger partial charge in [-0.2, -0.15) is 0 Å². The van der Waals surface area contributed by atoms with Gasteiger partial charge in [-0.25, -0.2) is 0 Å². The molecule has 0 aliphatic rings. The van der Waals surface area contributed by atoms with Crippen LogP contribution in [-0.4, -0.2) is 63.5 Å². The van der Waals surface area contributed by atoms with Crippen LogP contribution in [0.25, 0.3) is 0 Å². The summed E-state index contributed by atoms with van der Waals surface area (Å²) in [6, 6.07) is 0.